The van der Waals surface area contributed by atoms with Gasteiger partial charge >= 0.3 is 5.97 Å². The van der Waals surface area contributed by atoms with Crippen LogP contribution >= 0.6 is 0 Å². The number of nitrogens with zero attached hydrogens (tertiary/aromatic N) is 3. The quantitative estimate of drug-likeness (QED) is 0.821. The molecule has 1 unspecified atom stereocenters. The zero-order valence-corrected chi connectivity index (χ0v) is 13.9. The lowest BCUT2D eigenvalue weighted by atomic mass is 9.77. The van der Waals surface area contributed by atoms with E-state index in [0.29, 0.717) is 19.5 Å². The van der Waals surface area contributed by atoms with Crippen LogP contribution in [0.5, 0.6) is 0 Å². The van der Waals surface area contributed by atoms with Gasteiger partial charge in [0.1, 0.15) is 0 Å². The molecule has 5 nitrogen and oxygen atoms in total. The van der Waals surface area contributed by atoms with Crippen molar-refractivity contribution in [2.75, 3.05) is 13.1 Å². The van der Waals surface area contributed by atoms with Crippen LogP contribution in [0.3, 0.4) is 0 Å². The van der Waals surface area contributed by atoms with Crippen LogP contribution in [-0.2, 0) is 17.9 Å². The van der Waals surface area contributed by atoms with E-state index in [4.69, 9.17) is 0 Å². The number of carboxylic acids is 1. The maximum absolute atomic E-state index is 11.7. The topological polar surface area (TPSA) is 58.4 Å². The molecule has 2 heterocycles. The largest absolute Gasteiger partial charge is 0.481 e. The van der Waals surface area contributed by atoms with Gasteiger partial charge in [-0.25, -0.2) is 0 Å². The second kappa shape index (κ2) is 6.65. The van der Waals surface area contributed by atoms with Crippen LogP contribution in [0.15, 0.2) is 12.7 Å². The first-order valence-electron chi connectivity index (χ1n) is 8.03. The molecule has 1 atom stereocenters. The highest BCUT2D eigenvalue weighted by atomic mass is 16.4. The van der Waals surface area contributed by atoms with Crippen LogP contribution in [0.2, 0.25) is 0 Å². The third-order valence-corrected chi connectivity index (χ3v) is 5.00. The summed E-state index contributed by atoms with van der Waals surface area (Å²) >= 11 is 0. The number of carbonyl (C=O) groups is 1. The Morgan fingerprint density at radius 3 is 2.82 bits per heavy atom. The summed E-state index contributed by atoms with van der Waals surface area (Å²) in [6.07, 6.45) is 4.26. The molecule has 0 radical (unpaired) electrons. The van der Waals surface area contributed by atoms with Crippen LogP contribution < -0.4 is 0 Å². The molecule has 1 aromatic heterocycles. The number of carboxylic acid groups (broad SMARTS) is 1. The molecule has 1 N–H and O–H groups in total. The molecule has 22 heavy (non-hydrogen) atoms. The molecule has 0 aliphatic carbocycles. The molecular formula is C17H27N3O2. The molecule has 1 aliphatic heterocycles. The van der Waals surface area contributed by atoms with E-state index in [9.17, 15) is 9.90 Å². The third-order valence-electron chi connectivity index (χ3n) is 5.00. The molecule has 0 saturated carbocycles. The van der Waals surface area contributed by atoms with Crippen molar-refractivity contribution in [2.24, 2.45) is 5.41 Å². The van der Waals surface area contributed by atoms with Crippen molar-refractivity contribution in [3.05, 3.63) is 29.6 Å². The predicted molar refractivity (Wildman–Crippen MR) is 86.8 cm³/mol. The van der Waals surface area contributed by atoms with Gasteiger partial charge in [-0.15, -0.1) is 6.58 Å². The first-order chi connectivity index (χ1) is 10.4. The molecule has 1 aliphatic rings. The molecule has 0 spiro atoms. The van der Waals surface area contributed by atoms with Crippen LogP contribution in [0.1, 0.15) is 43.1 Å². The van der Waals surface area contributed by atoms with Gasteiger partial charge in [-0.2, -0.15) is 5.10 Å². The number of likely N-dealkylation sites (tertiary alicyclic amines) is 1. The van der Waals surface area contributed by atoms with Crippen molar-refractivity contribution in [2.45, 2.75) is 53.1 Å². The smallest absolute Gasteiger partial charge is 0.310 e. The summed E-state index contributed by atoms with van der Waals surface area (Å²) < 4.78 is 1.96. The molecule has 5 heteroatoms. The first-order valence-corrected chi connectivity index (χ1v) is 8.03. The van der Waals surface area contributed by atoms with E-state index in [0.717, 1.165) is 37.3 Å². The van der Waals surface area contributed by atoms with E-state index in [2.05, 4.69) is 23.5 Å². The van der Waals surface area contributed by atoms with E-state index >= 15 is 0 Å². The Labute approximate surface area is 132 Å². The minimum atomic E-state index is -0.657. The number of hydrogen-bond acceptors (Lipinski definition) is 3. The Morgan fingerprint density at radius 2 is 2.23 bits per heavy atom. The van der Waals surface area contributed by atoms with Crippen LogP contribution in [0.25, 0.3) is 0 Å². The monoisotopic (exact) mass is 305 g/mol. The van der Waals surface area contributed by atoms with Gasteiger partial charge in [0.05, 0.1) is 17.7 Å². The SMILES string of the molecule is C=CCn1nc(C)c(CN2CCCC(CC)(C(=O)O)C2)c1C. The van der Waals surface area contributed by atoms with E-state index in [1.807, 2.05) is 24.6 Å². The number of piperidine rings is 1. The molecule has 0 bridgehead atoms. The summed E-state index contributed by atoms with van der Waals surface area (Å²) in [5.74, 6) is -0.657. The van der Waals surface area contributed by atoms with Crippen molar-refractivity contribution >= 4 is 5.97 Å². The lowest BCUT2D eigenvalue weighted by Gasteiger charge is -2.39. The molecule has 1 fully saturated rings. The number of aliphatic carboxylic acids is 1. The van der Waals surface area contributed by atoms with E-state index in [1.165, 1.54) is 5.56 Å². The summed E-state index contributed by atoms with van der Waals surface area (Å²) in [4.78, 5) is 13.9. The normalized spacial score (nSPS) is 22.7. The lowest BCUT2D eigenvalue weighted by Crippen LogP contribution is -2.47. The van der Waals surface area contributed by atoms with Crippen molar-refractivity contribution in [3.63, 3.8) is 0 Å². The summed E-state index contributed by atoms with van der Waals surface area (Å²) in [5, 5.41) is 14.2. The minimum Gasteiger partial charge on any atom is -0.481 e. The summed E-state index contributed by atoms with van der Waals surface area (Å²) in [5.41, 5.74) is 2.82. The van der Waals surface area contributed by atoms with E-state index < -0.39 is 11.4 Å². The second-order valence-corrected chi connectivity index (χ2v) is 6.37. The first kappa shape index (κ1) is 16.7. The predicted octanol–water partition coefficient (Wildman–Crippen LogP) is 2.76. The van der Waals surface area contributed by atoms with Gasteiger partial charge in [0, 0.05) is 24.3 Å². The van der Waals surface area contributed by atoms with Crippen LogP contribution in [-0.4, -0.2) is 38.8 Å². The molecule has 0 aromatic carbocycles. The lowest BCUT2D eigenvalue weighted by molar-refractivity contribution is -0.153. The fourth-order valence-corrected chi connectivity index (χ4v) is 3.46. The summed E-state index contributed by atoms with van der Waals surface area (Å²) in [6, 6.07) is 0. The standard InChI is InChI=1S/C17H27N3O2/c1-5-9-20-14(4)15(13(3)18-20)11-19-10-7-8-17(6-2,12-19)16(21)22/h5H,1,6-12H2,2-4H3,(H,21,22). The Morgan fingerprint density at radius 1 is 1.50 bits per heavy atom. The van der Waals surface area contributed by atoms with Gasteiger partial charge in [0.25, 0.3) is 0 Å². The van der Waals surface area contributed by atoms with Gasteiger partial charge in [-0.3, -0.25) is 14.4 Å². The van der Waals surface area contributed by atoms with Crippen LogP contribution in [0, 0.1) is 19.3 Å². The van der Waals surface area contributed by atoms with Crippen molar-refractivity contribution < 1.29 is 9.90 Å². The maximum Gasteiger partial charge on any atom is 0.310 e. The number of aromatic nitrogens is 2. The highest BCUT2D eigenvalue weighted by molar-refractivity contribution is 5.75. The van der Waals surface area contributed by atoms with E-state index in [1.54, 1.807) is 0 Å². The fraction of sp³-hybridized carbons (Fsp3) is 0.647. The minimum absolute atomic E-state index is 0.586. The van der Waals surface area contributed by atoms with Crippen molar-refractivity contribution in [3.8, 4) is 0 Å². The van der Waals surface area contributed by atoms with Gasteiger partial charge in [-0.05, 0) is 39.7 Å². The number of allylic oxidation sites excluding steroid dienone is 1. The number of aryl methyl sites for hydroxylation is 1. The van der Waals surface area contributed by atoms with Gasteiger partial charge in [0.15, 0.2) is 0 Å². The average Bonchev–Trinajstić information content (AvgIpc) is 2.75. The molecule has 1 saturated heterocycles. The second-order valence-electron chi connectivity index (χ2n) is 6.37. The fourth-order valence-electron chi connectivity index (χ4n) is 3.46. The summed E-state index contributed by atoms with van der Waals surface area (Å²) in [6.45, 7) is 12.9. The number of rotatable bonds is 6. The molecule has 2 rings (SSSR count). The van der Waals surface area contributed by atoms with Gasteiger partial charge in [-0.1, -0.05) is 13.0 Å². The molecule has 0 amide bonds. The highest BCUT2D eigenvalue weighted by Crippen LogP contribution is 2.34. The Kier molecular flexibility index (Phi) is 5.06. The Balaban J connectivity index is 2.17. The Bertz CT molecular complexity index is 564. The highest BCUT2D eigenvalue weighted by Gasteiger charge is 2.40. The average molecular weight is 305 g/mol. The number of hydrogen-bond donors (Lipinski definition) is 1. The van der Waals surface area contributed by atoms with Crippen molar-refractivity contribution in [1.82, 2.24) is 14.7 Å². The zero-order valence-electron chi connectivity index (χ0n) is 13.9. The molecule has 122 valence electrons. The van der Waals surface area contributed by atoms with Crippen molar-refractivity contribution in [1.29, 1.82) is 0 Å². The molecule has 1 aromatic rings. The maximum atomic E-state index is 11.7. The van der Waals surface area contributed by atoms with Crippen LogP contribution in [0.4, 0.5) is 0 Å². The van der Waals surface area contributed by atoms with E-state index in [-0.39, 0.29) is 0 Å². The molecular weight excluding hydrogens is 278 g/mol. The third kappa shape index (κ3) is 3.09. The summed E-state index contributed by atoms with van der Waals surface area (Å²) in [7, 11) is 0. The van der Waals surface area contributed by atoms with Gasteiger partial charge < -0.3 is 5.11 Å². The Hall–Kier alpha value is -1.62. The van der Waals surface area contributed by atoms with Gasteiger partial charge in [0.2, 0.25) is 0 Å². The zero-order chi connectivity index (χ0) is 16.3.